The standard InChI is InChI=1S/C16H25N3O5/c1-11-8-12(2)19(18-11)6-3-4-15(20)17-13-9-23-7-5-14(13)24-10-16(21)22/h8,13-14H,3-7,9-10H2,1-2H3,(H,17,20)(H,21,22)/t13-,14+/m1/s1. The van der Waals surface area contributed by atoms with E-state index in [1.807, 2.05) is 24.6 Å². The van der Waals surface area contributed by atoms with Crippen LogP contribution in [-0.2, 0) is 25.6 Å². The quantitative estimate of drug-likeness (QED) is 0.721. The molecule has 8 heteroatoms. The monoisotopic (exact) mass is 339 g/mol. The van der Waals surface area contributed by atoms with Crippen LogP contribution in [0.2, 0.25) is 0 Å². The Morgan fingerprint density at radius 2 is 2.29 bits per heavy atom. The van der Waals surface area contributed by atoms with Crippen LogP contribution >= 0.6 is 0 Å². The maximum atomic E-state index is 12.1. The average Bonchev–Trinajstić information content (AvgIpc) is 2.84. The molecule has 0 saturated carbocycles. The lowest BCUT2D eigenvalue weighted by Crippen LogP contribution is -2.51. The molecule has 1 fully saturated rings. The lowest BCUT2D eigenvalue weighted by atomic mass is 10.1. The van der Waals surface area contributed by atoms with Crippen LogP contribution in [0, 0.1) is 13.8 Å². The number of carboxylic acids is 1. The number of hydrogen-bond acceptors (Lipinski definition) is 5. The van der Waals surface area contributed by atoms with E-state index in [1.54, 1.807) is 0 Å². The van der Waals surface area contributed by atoms with Crippen molar-refractivity contribution in [1.82, 2.24) is 15.1 Å². The normalized spacial score (nSPS) is 20.8. The summed E-state index contributed by atoms with van der Waals surface area (Å²) >= 11 is 0. The number of rotatable bonds is 8. The number of aromatic nitrogens is 2. The Balaban J connectivity index is 1.75. The molecule has 1 aliphatic rings. The van der Waals surface area contributed by atoms with Crippen molar-refractivity contribution < 1.29 is 24.2 Å². The molecule has 0 unspecified atom stereocenters. The third-order valence-corrected chi connectivity index (χ3v) is 3.94. The van der Waals surface area contributed by atoms with E-state index in [1.165, 1.54) is 0 Å². The highest BCUT2D eigenvalue weighted by atomic mass is 16.5. The van der Waals surface area contributed by atoms with E-state index >= 15 is 0 Å². The summed E-state index contributed by atoms with van der Waals surface area (Å²) in [5, 5.41) is 16.0. The second-order valence-corrected chi connectivity index (χ2v) is 6.03. The Bertz CT molecular complexity index is 572. The minimum absolute atomic E-state index is 0.0871. The summed E-state index contributed by atoms with van der Waals surface area (Å²) in [6.45, 7) is 5.10. The van der Waals surface area contributed by atoms with Crippen LogP contribution in [0.1, 0.15) is 30.7 Å². The molecule has 24 heavy (non-hydrogen) atoms. The lowest BCUT2D eigenvalue weighted by Gasteiger charge is -2.31. The van der Waals surface area contributed by atoms with Crippen LogP contribution in [-0.4, -0.2) is 58.7 Å². The predicted molar refractivity (Wildman–Crippen MR) is 85.7 cm³/mol. The summed E-state index contributed by atoms with van der Waals surface area (Å²) in [6, 6.07) is 1.70. The molecule has 2 atom stereocenters. The van der Waals surface area contributed by atoms with Gasteiger partial charge in [0.2, 0.25) is 5.91 Å². The fourth-order valence-corrected chi connectivity index (χ4v) is 2.80. The molecule has 1 aliphatic heterocycles. The third-order valence-electron chi connectivity index (χ3n) is 3.94. The summed E-state index contributed by atoms with van der Waals surface area (Å²) in [7, 11) is 0. The number of hydrogen-bond donors (Lipinski definition) is 2. The number of aryl methyl sites for hydroxylation is 3. The maximum absolute atomic E-state index is 12.1. The van der Waals surface area contributed by atoms with Gasteiger partial charge < -0.3 is 19.9 Å². The van der Waals surface area contributed by atoms with Gasteiger partial charge >= 0.3 is 5.97 Å². The Hall–Kier alpha value is -1.93. The smallest absolute Gasteiger partial charge is 0.329 e. The summed E-state index contributed by atoms with van der Waals surface area (Å²) in [4.78, 5) is 22.7. The molecule has 1 saturated heterocycles. The van der Waals surface area contributed by atoms with Gasteiger partial charge in [0.1, 0.15) is 6.61 Å². The molecule has 2 rings (SSSR count). The van der Waals surface area contributed by atoms with Crippen LogP contribution in [0.15, 0.2) is 6.07 Å². The van der Waals surface area contributed by atoms with Crippen LogP contribution in [0.4, 0.5) is 0 Å². The summed E-state index contributed by atoms with van der Waals surface area (Å²) in [5.41, 5.74) is 2.05. The van der Waals surface area contributed by atoms with E-state index < -0.39 is 5.97 Å². The van der Waals surface area contributed by atoms with Gasteiger partial charge in [-0.15, -0.1) is 0 Å². The summed E-state index contributed by atoms with van der Waals surface area (Å²) in [5.74, 6) is -1.10. The Morgan fingerprint density at radius 1 is 1.50 bits per heavy atom. The first-order valence-electron chi connectivity index (χ1n) is 8.17. The zero-order valence-electron chi connectivity index (χ0n) is 14.2. The van der Waals surface area contributed by atoms with Gasteiger partial charge in [-0.25, -0.2) is 4.79 Å². The second-order valence-electron chi connectivity index (χ2n) is 6.03. The SMILES string of the molecule is Cc1cc(C)n(CCCC(=O)N[C@@H]2COCC[C@@H]2OCC(=O)O)n1. The molecule has 0 bridgehead atoms. The first-order valence-corrected chi connectivity index (χ1v) is 8.17. The minimum Gasteiger partial charge on any atom is -0.480 e. The molecular formula is C16H25N3O5. The molecule has 0 aliphatic carbocycles. The molecule has 8 nitrogen and oxygen atoms in total. The van der Waals surface area contributed by atoms with Gasteiger partial charge in [-0.3, -0.25) is 9.48 Å². The average molecular weight is 339 g/mol. The predicted octanol–water partition coefficient (Wildman–Crippen LogP) is 0.655. The third kappa shape index (κ3) is 5.61. The fourth-order valence-electron chi connectivity index (χ4n) is 2.80. The minimum atomic E-state index is -1.02. The van der Waals surface area contributed by atoms with E-state index in [4.69, 9.17) is 14.6 Å². The van der Waals surface area contributed by atoms with Crippen LogP contribution in [0.25, 0.3) is 0 Å². The number of carboxylic acid groups (broad SMARTS) is 1. The summed E-state index contributed by atoms with van der Waals surface area (Å²) < 4.78 is 12.6. The van der Waals surface area contributed by atoms with Crippen LogP contribution < -0.4 is 5.32 Å². The molecule has 134 valence electrons. The Kier molecular flexibility index (Phi) is 6.74. The zero-order valence-corrected chi connectivity index (χ0v) is 14.2. The van der Waals surface area contributed by atoms with Gasteiger partial charge in [-0.2, -0.15) is 5.10 Å². The summed E-state index contributed by atoms with van der Waals surface area (Å²) in [6.07, 6.45) is 1.31. The van der Waals surface area contributed by atoms with Crippen molar-refractivity contribution in [3.63, 3.8) is 0 Å². The van der Waals surface area contributed by atoms with Crippen molar-refractivity contribution in [1.29, 1.82) is 0 Å². The molecular weight excluding hydrogens is 314 g/mol. The number of aliphatic carboxylic acids is 1. The van der Waals surface area contributed by atoms with Crippen molar-refractivity contribution in [2.45, 2.75) is 51.8 Å². The Morgan fingerprint density at radius 3 is 2.96 bits per heavy atom. The largest absolute Gasteiger partial charge is 0.480 e. The molecule has 2 heterocycles. The molecule has 0 radical (unpaired) electrons. The van der Waals surface area contributed by atoms with Crippen molar-refractivity contribution >= 4 is 11.9 Å². The topological polar surface area (TPSA) is 103 Å². The number of carbonyl (C=O) groups excluding carboxylic acids is 1. The number of nitrogens with zero attached hydrogens (tertiary/aromatic N) is 2. The lowest BCUT2D eigenvalue weighted by molar-refractivity contribution is -0.148. The van der Waals surface area contributed by atoms with Gasteiger partial charge in [0.25, 0.3) is 0 Å². The first kappa shape index (κ1) is 18.4. The van der Waals surface area contributed by atoms with E-state index in [9.17, 15) is 9.59 Å². The molecule has 2 N–H and O–H groups in total. The van der Waals surface area contributed by atoms with Gasteiger partial charge in [0, 0.05) is 25.3 Å². The molecule has 1 aromatic heterocycles. The number of ether oxygens (including phenoxy) is 2. The van der Waals surface area contributed by atoms with Gasteiger partial charge in [-0.05, 0) is 32.8 Å². The van der Waals surface area contributed by atoms with Crippen molar-refractivity contribution in [2.24, 2.45) is 0 Å². The highest BCUT2D eigenvalue weighted by Crippen LogP contribution is 2.12. The van der Waals surface area contributed by atoms with E-state index in [2.05, 4.69) is 10.4 Å². The van der Waals surface area contributed by atoms with Gasteiger partial charge in [-0.1, -0.05) is 0 Å². The van der Waals surface area contributed by atoms with Crippen LogP contribution in [0.3, 0.4) is 0 Å². The fraction of sp³-hybridized carbons (Fsp3) is 0.688. The maximum Gasteiger partial charge on any atom is 0.329 e. The molecule has 1 amide bonds. The van der Waals surface area contributed by atoms with E-state index in [0.717, 1.165) is 11.4 Å². The van der Waals surface area contributed by atoms with Crippen LogP contribution in [0.5, 0.6) is 0 Å². The highest BCUT2D eigenvalue weighted by Gasteiger charge is 2.28. The van der Waals surface area contributed by atoms with Crippen molar-refractivity contribution in [2.75, 3.05) is 19.8 Å². The van der Waals surface area contributed by atoms with Crippen molar-refractivity contribution in [3.05, 3.63) is 17.5 Å². The van der Waals surface area contributed by atoms with Crippen molar-refractivity contribution in [3.8, 4) is 0 Å². The molecule has 0 aromatic carbocycles. The first-order chi connectivity index (χ1) is 11.5. The van der Waals surface area contributed by atoms with E-state index in [-0.39, 0.29) is 24.7 Å². The zero-order chi connectivity index (χ0) is 17.5. The molecule has 0 spiro atoms. The van der Waals surface area contributed by atoms with E-state index in [0.29, 0.717) is 39.0 Å². The highest BCUT2D eigenvalue weighted by molar-refractivity contribution is 5.76. The second kappa shape index (κ2) is 8.79. The Labute approximate surface area is 141 Å². The van der Waals surface area contributed by atoms with Gasteiger partial charge in [0.05, 0.1) is 24.4 Å². The number of amides is 1. The van der Waals surface area contributed by atoms with Gasteiger partial charge in [0.15, 0.2) is 0 Å². The number of carbonyl (C=O) groups is 2. The number of nitrogens with one attached hydrogen (secondary N) is 1. The molecule has 1 aromatic rings.